The summed E-state index contributed by atoms with van der Waals surface area (Å²) in [6, 6.07) is 4.14. The summed E-state index contributed by atoms with van der Waals surface area (Å²) in [4.78, 5) is 25.5. The third-order valence-corrected chi connectivity index (χ3v) is 6.82. The smallest absolute Gasteiger partial charge is 0.410 e. The molecule has 208 valence electrons. The van der Waals surface area contributed by atoms with Gasteiger partial charge in [0.05, 0.1) is 17.4 Å². The van der Waals surface area contributed by atoms with E-state index in [-0.39, 0.29) is 18.2 Å². The molecule has 1 saturated carbocycles. The second-order valence-corrected chi connectivity index (χ2v) is 11.1. The Labute approximate surface area is 225 Å². The van der Waals surface area contributed by atoms with Crippen molar-refractivity contribution in [3.8, 4) is 11.3 Å². The molecule has 2 aromatic rings. The fourth-order valence-electron chi connectivity index (χ4n) is 4.64. The molecule has 0 unspecified atom stereocenters. The summed E-state index contributed by atoms with van der Waals surface area (Å²) in [5, 5.41) is 25.8. The van der Waals surface area contributed by atoms with E-state index in [2.05, 4.69) is 37.6 Å². The molecule has 1 amide bonds. The molecule has 11 heteroatoms. The second-order valence-electron chi connectivity index (χ2n) is 11.1. The van der Waals surface area contributed by atoms with Gasteiger partial charge in [0.15, 0.2) is 5.82 Å². The van der Waals surface area contributed by atoms with E-state index >= 15 is 0 Å². The Bertz CT molecular complexity index is 1040. The predicted molar refractivity (Wildman–Crippen MR) is 148 cm³/mol. The molecule has 3 heterocycles. The minimum atomic E-state index is -0.505. The molecule has 0 radical (unpaired) electrons. The summed E-state index contributed by atoms with van der Waals surface area (Å²) in [7, 11) is 0. The predicted octanol–water partition coefficient (Wildman–Crippen LogP) is 3.92. The van der Waals surface area contributed by atoms with Gasteiger partial charge in [-0.2, -0.15) is 4.98 Å². The Balaban J connectivity index is 1.44. The Morgan fingerprint density at radius 3 is 2.47 bits per heavy atom. The first-order valence-corrected chi connectivity index (χ1v) is 13.8. The normalized spacial score (nSPS) is 20.2. The highest BCUT2D eigenvalue weighted by Crippen LogP contribution is 2.29. The molecule has 1 saturated heterocycles. The first kappa shape index (κ1) is 27.8. The summed E-state index contributed by atoms with van der Waals surface area (Å²) in [6.45, 7) is 11.1. The number of anilines is 3. The molecule has 0 aromatic carbocycles. The molecule has 11 nitrogen and oxygen atoms in total. The number of hydrogen-bond acceptors (Lipinski definition) is 10. The number of amides is 1. The van der Waals surface area contributed by atoms with Crippen molar-refractivity contribution in [2.75, 3.05) is 48.3 Å². The number of unbranched alkanes of at least 4 members (excludes halogenated alkanes) is 1. The standard InChI is InChI=1S/C27H42N8O3/c1-5-6-13-28-25-29-18-21(24(31-25)30-19-7-9-20(36)10-8-19)22-11-12-23(33-32-22)34-14-16-35(17-15-34)26(37)38-27(2,3)4/h11-12,18-20,36H,5-10,13-17H2,1-4H3,(H2,28,29,30,31). The summed E-state index contributed by atoms with van der Waals surface area (Å²) < 4.78 is 5.50. The van der Waals surface area contributed by atoms with Gasteiger partial charge in [0.25, 0.3) is 0 Å². The lowest BCUT2D eigenvalue weighted by Crippen LogP contribution is -2.50. The van der Waals surface area contributed by atoms with E-state index in [9.17, 15) is 9.90 Å². The topological polar surface area (TPSA) is 129 Å². The van der Waals surface area contributed by atoms with Gasteiger partial charge in [-0.05, 0) is 65.0 Å². The van der Waals surface area contributed by atoms with Crippen molar-refractivity contribution >= 4 is 23.7 Å². The van der Waals surface area contributed by atoms with E-state index in [0.717, 1.165) is 62.3 Å². The van der Waals surface area contributed by atoms with E-state index < -0.39 is 5.60 Å². The minimum absolute atomic E-state index is 0.214. The van der Waals surface area contributed by atoms with Gasteiger partial charge in [0, 0.05) is 45.0 Å². The number of nitrogens with zero attached hydrogens (tertiary/aromatic N) is 6. The highest BCUT2D eigenvalue weighted by molar-refractivity contribution is 5.73. The lowest BCUT2D eigenvalue weighted by Gasteiger charge is -2.35. The van der Waals surface area contributed by atoms with Crippen molar-refractivity contribution < 1.29 is 14.6 Å². The number of ether oxygens (including phenoxy) is 1. The number of hydrogen-bond donors (Lipinski definition) is 3. The van der Waals surface area contributed by atoms with E-state index in [1.54, 1.807) is 11.1 Å². The van der Waals surface area contributed by atoms with Gasteiger partial charge < -0.3 is 30.3 Å². The number of aliphatic hydroxyl groups is 1. The van der Waals surface area contributed by atoms with Crippen LogP contribution in [-0.4, -0.2) is 86.7 Å². The molecule has 1 aliphatic carbocycles. The van der Waals surface area contributed by atoms with Crippen LogP contribution >= 0.6 is 0 Å². The van der Waals surface area contributed by atoms with E-state index in [1.165, 1.54) is 0 Å². The van der Waals surface area contributed by atoms with Crippen LogP contribution in [0.15, 0.2) is 18.3 Å². The Morgan fingerprint density at radius 1 is 1.11 bits per heavy atom. The Hall–Kier alpha value is -3.21. The summed E-state index contributed by atoms with van der Waals surface area (Å²) >= 11 is 0. The first-order valence-electron chi connectivity index (χ1n) is 13.8. The molecule has 4 rings (SSSR count). The highest BCUT2D eigenvalue weighted by atomic mass is 16.6. The van der Waals surface area contributed by atoms with Crippen LogP contribution in [0.2, 0.25) is 0 Å². The fourth-order valence-corrected chi connectivity index (χ4v) is 4.64. The quantitative estimate of drug-likeness (QED) is 0.435. The zero-order valence-electron chi connectivity index (χ0n) is 23.1. The number of carbonyl (C=O) groups is 1. The van der Waals surface area contributed by atoms with Crippen LogP contribution in [0.4, 0.5) is 22.4 Å². The van der Waals surface area contributed by atoms with Gasteiger partial charge in [-0.15, -0.1) is 10.2 Å². The number of rotatable bonds is 8. The number of piperazine rings is 1. The minimum Gasteiger partial charge on any atom is -0.444 e. The Morgan fingerprint density at radius 2 is 1.84 bits per heavy atom. The van der Waals surface area contributed by atoms with E-state index in [1.807, 2.05) is 32.9 Å². The number of nitrogens with one attached hydrogen (secondary N) is 2. The zero-order valence-corrected chi connectivity index (χ0v) is 23.1. The molecule has 0 atom stereocenters. The van der Waals surface area contributed by atoms with Gasteiger partial charge in [-0.1, -0.05) is 13.3 Å². The van der Waals surface area contributed by atoms with E-state index in [4.69, 9.17) is 9.72 Å². The highest BCUT2D eigenvalue weighted by Gasteiger charge is 2.27. The van der Waals surface area contributed by atoms with Crippen molar-refractivity contribution in [1.82, 2.24) is 25.1 Å². The van der Waals surface area contributed by atoms with Crippen LogP contribution in [0.5, 0.6) is 0 Å². The maximum Gasteiger partial charge on any atom is 0.410 e. The summed E-state index contributed by atoms with van der Waals surface area (Å²) in [5.74, 6) is 2.09. The zero-order chi connectivity index (χ0) is 27.1. The van der Waals surface area contributed by atoms with Crippen LogP contribution in [0.3, 0.4) is 0 Å². The molecule has 2 fully saturated rings. The van der Waals surface area contributed by atoms with Crippen molar-refractivity contribution in [1.29, 1.82) is 0 Å². The monoisotopic (exact) mass is 526 g/mol. The molecule has 0 bridgehead atoms. The molecule has 1 aliphatic heterocycles. The van der Waals surface area contributed by atoms with Gasteiger partial charge >= 0.3 is 6.09 Å². The van der Waals surface area contributed by atoms with Gasteiger partial charge in [0.1, 0.15) is 11.4 Å². The summed E-state index contributed by atoms with van der Waals surface area (Å²) in [5.41, 5.74) is 0.986. The van der Waals surface area contributed by atoms with Gasteiger partial charge in [0.2, 0.25) is 5.95 Å². The molecule has 3 N–H and O–H groups in total. The van der Waals surface area contributed by atoms with E-state index in [0.29, 0.717) is 37.8 Å². The van der Waals surface area contributed by atoms with Crippen molar-refractivity contribution in [3.05, 3.63) is 18.3 Å². The van der Waals surface area contributed by atoms with Gasteiger partial charge in [-0.3, -0.25) is 0 Å². The van der Waals surface area contributed by atoms with Crippen LogP contribution in [0, 0.1) is 0 Å². The number of carbonyl (C=O) groups excluding carboxylic acids is 1. The third-order valence-electron chi connectivity index (χ3n) is 6.82. The second kappa shape index (κ2) is 12.6. The number of aromatic nitrogens is 4. The van der Waals surface area contributed by atoms with Crippen molar-refractivity contribution in [2.24, 2.45) is 0 Å². The summed E-state index contributed by atoms with van der Waals surface area (Å²) in [6.07, 6.45) is 6.81. The van der Waals surface area contributed by atoms with Crippen LogP contribution in [0.25, 0.3) is 11.3 Å². The molecule has 38 heavy (non-hydrogen) atoms. The fraction of sp³-hybridized carbons (Fsp3) is 0.667. The average Bonchev–Trinajstić information content (AvgIpc) is 2.90. The van der Waals surface area contributed by atoms with Crippen molar-refractivity contribution in [2.45, 2.75) is 84.0 Å². The van der Waals surface area contributed by atoms with Crippen LogP contribution < -0.4 is 15.5 Å². The van der Waals surface area contributed by atoms with Crippen LogP contribution in [-0.2, 0) is 4.74 Å². The lowest BCUT2D eigenvalue weighted by molar-refractivity contribution is 0.0240. The molecule has 0 spiro atoms. The largest absolute Gasteiger partial charge is 0.444 e. The molecule has 2 aromatic heterocycles. The Kier molecular flexibility index (Phi) is 9.19. The average molecular weight is 527 g/mol. The van der Waals surface area contributed by atoms with Gasteiger partial charge in [-0.25, -0.2) is 9.78 Å². The third kappa shape index (κ3) is 7.66. The first-order chi connectivity index (χ1) is 18.2. The molecular weight excluding hydrogens is 484 g/mol. The molecule has 2 aliphatic rings. The van der Waals surface area contributed by atoms with Crippen molar-refractivity contribution in [3.63, 3.8) is 0 Å². The van der Waals surface area contributed by atoms with Crippen LogP contribution in [0.1, 0.15) is 66.2 Å². The lowest BCUT2D eigenvalue weighted by atomic mass is 9.93. The number of aliphatic hydroxyl groups excluding tert-OH is 1. The molecular formula is C27H42N8O3. The SMILES string of the molecule is CCCCNc1ncc(-c2ccc(N3CCN(C(=O)OC(C)(C)C)CC3)nn2)c(NC2CCC(O)CC2)n1. The maximum absolute atomic E-state index is 12.4. The maximum atomic E-state index is 12.4.